The first-order valence-electron chi connectivity index (χ1n) is 8.04. The minimum Gasteiger partial charge on any atom is -0.455 e. The largest absolute Gasteiger partial charge is 0.455 e. The quantitative estimate of drug-likeness (QED) is 0.804. The van der Waals surface area contributed by atoms with E-state index in [0.29, 0.717) is 16.8 Å². The fraction of sp³-hybridized carbons (Fsp3) is 0.211. The van der Waals surface area contributed by atoms with Gasteiger partial charge in [-0.1, -0.05) is 36.4 Å². The maximum Gasteiger partial charge on any atom is 0.303 e. The summed E-state index contributed by atoms with van der Waals surface area (Å²) in [5.41, 5.74) is 6.61. The molecule has 0 radical (unpaired) electrons. The zero-order valence-corrected chi connectivity index (χ0v) is 14.0. The number of hydrogen-bond acceptors (Lipinski definition) is 5. The van der Waals surface area contributed by atoms with Crippen LogP contribution in [0.5, 0.6) is 0 Å². The first-order chi connectivity index (χ1) is 12.4. The summed E-state index contributed by atoms with van der Waals surface area (Å²) in [4.78, 5) is 37.7. The molecule has 0 saturated carbocycles. The number of rotatable bonds is 3. The molecule has 0 spiro atoms. The van der Waals surface area contributed by atoms with Gasteiger partial charge in [-0.05, 0) is 18.2 Å². The van der Waals surface area contributed by atoms with Crippen LogP contribution in [0, 0.1) is 0 Å². The van der Waals surface area contributed by atoms with E-state index in [-0.39, 0.29) is 0 Å². The lowest BCUT2D eigenvalue weighted by atomic mass is 9.89. The molecule has 2 aromatic carbocycles. The Labute approximate surface area is 150 Å². The number of primary amides is 1. The second-order valence-corrected chi connectivity index (χ2v) is 5.97. The number of carbonyl (C=O) groups excluding carboxylic acids is 3. The molecular weight excluding hydrogens is 336 g/mol. The van der Waals surface area contributed by atoms with Gasteiger partial charge in [0.05, 0.1) is 5.69 Å². The molecule has 3 rings (SSSR count). The Bertz CT molecular complexity index is 852. The van der Waals surface area contributed by atoms with Crippen molar-refractivity contribution in [3.8, 4) is 0 Å². The number of benzene rings is 2. The summed E-state index contributed by atoms with van der Waals surface area (Å²) in [6, 6.07) is 13.6. The molecule has 3 N–H and O–H groups in total. The van der Waals surface area contributed by atoms with Crippen molar-refractivity contribution < 1.29 is 24.2 Å². The number of ether oxygens (including phenoxy) is 1. The lowest BCUT2D eigenvalue weighted by Gasteiger charge is -2.42. The normalized spacial score (nSPS) is 21.6. The Kier molecular flexibility index (Phi) is 4.73. The first kappa shape index (κ1) is 17.6. The third-order valence-electron chi connectivity index (χ3n) is 4.24. The number of aliphatic hydroxyl groups excluding tert-OH is 1. The number of hydrogen-bond donors (Lipinski definition) is 2. The monoisotopic (exact) mass is 354 g/mol. The standard InChI is InChI=1S/C19H18N2O5/c1-11(22)26-17-13-9-5-6-10-14(13)21(15(16(17)23)18(20)24)19(25)12-7-3-2-4-8-12/h2-10,15-17,23H,1H3,(H2,20,24)/t15-,16+,17-/m1/s1. The van der Waals surface area contributed by atoms with Gasteiger partial charge in [0.2, 0.25) is 5.91 Å². The molecule has 0 unspecified atom stereocenters. The summed E-state index contributed by atoms with van der Waals surface area (Å²) < 4.78 is 5.21. The van der Waals surface area contributed by atoms with Gasteiger partial charge in [0.15, 0.2) is 6.10 Å². The van der Waals surface area contributed by atoms with E-state index in [0.717, 1.165) is 4.90 Å². The van der Waals surface area contributed by atoms with Crippen LogP contribution in [0.4, 0.5) is 5.69 Å². The number of nitrogens with two attached hydrogens (primary N) is 1. The number of aliphatic hydroxyl groups is 1. The Morgan fingerprint density at radius 2 is 1.65 bits per heavy atom. The molecule has 7 nitrogen and oxygen atoms in total. The molecule has 1 aliphatic rings. The van der Waals surface area contributed by atoms with Crippen molar-refractivity contribution in [1.29, 1.82) is 0 Å². The second kappa shape index (κ2) is 6.97. The van der Waals surface area contributed by atoms with Crippen LogP contribution in [0.3, 0.4) is 0 Å². The smallest absolute Gasteiger partial charge is 0.303 e. The van der Waals surface area contributed by atoms with Gasteiger partial charge in [-0.25, -0.2) is 0 Å². The van der Waals surface area contributed by atoms with Crippen LogP contribution in [0.2, 0.25) is 0 Å². The van der Waals surface area contributed by atoms with E-state index >= 15 is 0 Å². The summed E-state index contributed by atoms with van der Waals surface area (Å²) in [6.07, 6.45) is -2.58. The zero-order chi connectivity index (χ0) is 18.8. The Hall–Kier alpha value is -3.19. The van der Waals surface area contributed by atoms with E-state index < -0.39 is 36.0 Å². The van der Waals surface area contributed by atoms with E-state index in [1.165, 1.54) is 6.92 Å². The van der Waals surface area contributed by atoms with Gasteiger partial charge in [0, 0.05) is 18.1 Å². The Balaban J connectivity index is 2.16. The molecule has 0 bridgehead atoms. The minimum atomic E-state index is -1.49. The van der Waals surface area contributed by atoms with Crippen LogP contribution < -0.4 is 10.6 Å². The molecule has 26 heavy (non-hydrogen) atoms. The highest BCUT2D eigenvalue weighted by atomic mass is 16.6. The topological polar surface area (TPSA) is 110 Å². The predicted molar refractivity (Wildman–Crippen MR) is 93.2 cm³/mol. The average molecular weight is 354 g/mol. The molecule has 2 aromatic rings. The summed E-state index contributed by atoms with van der Waals surface area (Å²) in [6.45, 7) is 1.20. The van der Waals surface area contributed by atoms with Gasteiger partial charge < -0.3 is 15.6 Å². The molecule has 134 valence electrons. The fourth-order valence-electron chi connectivity index (χ4n) is 3.16. The lowest BCUT2D eigenvalue weighted by Crippen LogP contribution is -2.59. The first-order valence-corrected chi connectivity index (χ1v) is 8.04. The van der Waals surface area contributed by atoms with Crippen LogP contribution >= 0.6 is 0 Å². The van der Waals surface area contributed by atoms with Crippen molar-refractivity contribution in [2.75, 3.05) is 4.90 Å². The van der Waals surface area contributed by atoms with Gasteiger partial charge in [-0.3, -0.25) is 19.3 Å². The van der Waals surface area contributed by atoms with Crippen LogP contribution in [-0.4, -0.2) is 35.0 Å². The van der Waals surface area contributed by atoms with Gasteiger partial charge in [-0.15, -0.1) is 0 Å². The van der Waals surface area contributed by atoms with Gasteiger partial charge in [-0.2, -0.15) is 0 Å². The Morgan fingerprint density at radius 3 is 2.27 bits per heavy atom. The van der Waals surface area contributed by atoms with Gasteiger partial charge in [0.25, 0.3) is 5.91 Å². The van der Waals surface area contributed by atoms with Crippen molar-refractivity contribution in [3.05, 3.63) is 65.7 Å². The highest BCUT2D eigenvalue weighted by Crippen LogP contribution is 2.40. The highest BCUT2D eigenvalue weighted by Gasteiger charge is 2.47. The molecule has 7 heteroatoms. The summed E-state index contributed by atoms with van der Waals surface area (Å²) in [7, 11) is 0. The van der Waals surface area contributed by atoms with E-state index in [1.54, 1.807) is 54.6 Å². The maximum absolute atomic E-state index is 13.1. The number of esters is 1. The van der Waals surface area contributed by atoms with Crippen molar-refractivity contribution in [2.24, 2.45) is 5.73 Å². The molecule has 1 aliphatic heterocycles. The average Bonchev–Trinajstić information content (AvgIpc) is 2.63. The number of anilines is 1. The fourth-order valence-corrected chi connectivity index (χ4v) is 3.16. The summed E-state index contributed by atoms with van der Waals surface area (Å²) in [5, 5.41) is 10.7. The van der Waals surface area contributed by atoms with Crippen molar-refractivity contribution in [1.82, 2.24) is 0 Å². The van der Waals surface area contributed by atoms with E-state index in [9.17, 15) is 19.5 Å². The zero-order valence-electron chi connectivity index (χ0n) is 14.0. The van der Waals surface area contributed by atoms with Crippen molar-refractivity contribution in [3.63, 3.8) is 0 Å². The maximum atomic E-state index is 13.1. The van der Waals surface area contributed by atoms with Crippen LogP contribution in [-0.2, 0) is 14.3 Å². The molecular formula is C19H18N2O5. The molecule has 0 saturated heterocycles. The molecule has 0 aliphatic carbocycles. The van der Waals surface area contributed by atoms with Crippen molar-refractivity contribution in [2.45, 2.75) is 25.2 Å². The minimum absolute atomic E-state index is 0.340. The third kappa shape index (κ3) is 3.04. The lowest BCUT2D eigenvalue weighted by molar-refractivity contribution is -0.155. The highest BCUT2D eigenvalue weighted by molar-refractivity contribution is 6.10. The molecule has 0 aromatic heterocycles. The van der Waals surface area contributed by atoms with Crippen LogP contribution in [0.15, 0.2) is 54.6 Å². The van der Waals surface area contributed by atoms with Crippen LogP contribution in [0.25, 0.3) is 0 Å². The molecule has 0 fully saturated rings. The summed E-state index contributed by atoms with van der Waals surface area (Å²) >= 11 is 0. The SMILES string of the molecule is CC(=O)O[C@@H]1c2ccccc2N(C(=O)c2ccccc2)[C@@H](C(N)=O)[C@@H]1O. The Morgan fingerprint density at radius 1 is 1.04 bits per heavy atom. The number of para-hydroxylation sites is 1. The van der Waals surface area contributed by atoms with Gasteiger partial charge in [0.1, 0.15) is 12.1 Å². The van der Waals surface area contributed by atoms with Gasteiger partial charge >= 0.3 is 5.97 Å². The number of fused-ring (bicyclic) bond motifs is 1. The molecule has 2 amide bonds. The molecule has 3 atom stereocenters. The van der Waals surface area contributed by atoms with E-state index in [1.807, 2.05) is 0 Å². The third-order valence-corrected chi connectivity index (χ3v) is 4.24. The predicted octanol–water partition coefficient (Wildman–Crippen LogP) is 1.17. The van der Waals surface area contributed by atoms with Crippen molar-refractivity contribution >= 4 is 23.5 Å². The number of amides is 2. The molecule has 1 heterocycles. The number of carbonyl (C=O) groups is 3. The number of nitrogens with zero attached hydrogens (tertiary/aromatic N) is 1. The van der Waals surface area contributed by atoms with E-state index in [4.69, 9.17) is 10.5 Å². The van der Waals surface area contributed by atoms with E-state index in [2.05, 4.69) is 0 Å². The van der Waals surface area contributed by atoms with Crippen LogP contribution in [0.1, 0.15) is 28.9 Å². The second-order valence-electron chi connectivity index (χ2n) is 5.97. The summed E-state index contributed by atoms with van der Waals surface area (Å²) in [5.74, 6) is -1.99.